The molecule has 0 amide bonds. The number of carbonyl (C=O) groups is 1. The molecule has 1 atom stereocenters. The van der Waals surface area contributed by atoms with Gasteiger partial charge < -0.3 is 19.9 Å². The van der Waals surface area contributed by atoms with Crippen molar-refractivity contribution >= 4 is 28.2 Å². The Kier molecular flexibility index (Phi) is 8.95. The fraction of sp³-hybridized carbons (Fsp3) is 0.650. The Bertz CT molecular complexity index is 767. The van der Waals surface area contributed by atoms with Gasteiger partial charge in [0.25, 0.3) is 0 Å². The van der Waals surface area contributed by atoms with Crippen LogP contribution in [0.1, 0.15) is 40.5 Å². The van der Waals surface area contributed by atoms with E-state index in [1.165, 1.54) is 12.1 Å². The van der Waals surface area contributed by atoms with Crippen LogP contribution in [0.25, 0.3) is 0 Å². The van der Waals surface area contributed by atoms with Gasteiger partial charge in [-0.3, -0.25) is 4.79 Å². The lowest BCUT2D eigenvalue weighted by molar-refractivity contribution is -0.160. The highest BCUT2D eigenvalue weighted by atomic mass is 35.5. The Morgan fingerprint density at radius 2 is 1.76 bits per heavy atom. The zero-order valence-corrected chi connectivity index (χ0v) is 19.1. The molecule has 29 heavy (non-hydrogen) atoms. The van der Waals surface area contributed by atoms with Crippen LogP contribution < -0.4 is 10.5 Å². The van der Waals surface area contributed by atoms with Crippen molar-refractivity contribution in [3.63, 3.8) is 0 Å². The number of hydrogen-bond donors (Lipinski definition) is 1. The van der Waals surface area contributed by atoms with Gasteiger partial charge in [-0.15, -0.1) is 12.4 Å². The van der Waals surface area contributed by atoms with Crippen LogP contribution in [0.4, 0.5) is 0 Å². The highest BCUT2D eigenvalue weighted by Gasteiger charge is 2.54. The van der Waals surface area contributed by atoms with Crippen LogP contribution in [0.15, 0.2) is 29.2 Å². The summed E-state index contributed by atoms with van der Waals surface area (Å²) in [6.45, 7) is 8.47. The molecule has 166 valence electrons. The molecule has 2 rings (SSSR count). The molecule has 0 spiro atoms. The normalized spacial score (nSPS) is 17.7. The average molecular weight is 450 g/mol. The summed E-state index contributed by atoms with van der Waals surface area (Å²) >= 11 is 0. The summed E-state index contributed by atoms with van der Waals surface area (Å²) in [5, 5.41) is 0. The molecule has 0 bridgehead atoms. The number of ether oxygens (including phenoxy) is 3. The van der Waals surface area contributed by atoms with E-state index in [-0.39, 0.29) is 49.3 Å². The first-order valence-electron chi connectivity index (χ1n) is 9.50. The first-order chi connectivity index (χ1) is 13.0. The van der Waals surface area contributed by atoms with E-state index < -0.39 is 26.2 Å². The number of benzene rings is 1. The highest BCUT2D eigenvalue weighted by Crippen LogP contribution is 2.37. The average Bonchev–Trinajstić information content (AvgIpc) is 2.65. The predicted octanol–water partition coefficient (Wildman–Crippen LogP) is 2.75. The molecule has 1 heterocycles. The molecular weight excluding hydrogens is 418 g/mol. The van der Waals surface area contributed by atoms with Crippen molar-refractivity contribution in [3.8, 4) is 5.75 Å². The lowest BCUT2D eigenvalue weighted by Gasteiger charge is -2.36. The largest absolute Gasteiger partial charge is 0.493 e. The minimum atomic E-state index is -3.98. The molecule has 1 fully saturated rings. The van der Waals surface area contributed by atoms with Gasteiger partial charge in [0.05, 0.1) is 11.5 Å². The van der Waals surface area contributed by atoms with Crippen molar-refractivity contribution in [2.24, 2.45) is 11.7 Å². The van der Waals surface area contributed by atoms with E-state index in [0.29, 0.717) is 18.9 Å². The third-order valence-corrected chi connectivity index (χ3v) is 7.15. The number of sulfone groups is 1. The van der Waals surface area contributed by atoms with Crippen molar-refractivity contribution < 1.29 is 27.4 Å². The fourth-order valence-electron chi connectivity index (χ4n) is 2.90. The van der Waals surface area contributed by atoms with Crippen molar-refractivity contribution in [2.45, 2.75) is 55.8 Å². The standard InChI is InChI=1S/C20H31NO6S.ClH/c1-15(13-21)14-26-16-5-7-17(8-6-16)28(23,24)20(9-11-25-12-10-20)18(22)27-19(2,3)4;/h5-8,15H,9-14,21H2,1-4H3;1H/t15-;/m1./s1. The van der Waals surface area contributed by atoms with Gasteiger partial charge in [0.1, 0.15) is 11.4 Å². The number of nitrogens with two attached hydrogens (primary N) is 1. The van der Waals surface area contributed by atoms with Crippen LogP contribution in [0.3, 0.4) is 0 Å². The highest BCUT2D eigenvalue weighted by molar-refractivity contribution is 7.93. The number of carbonyl (C=O) groups excluding carboxylic acids is 1. The third kappa shape index (κ3) is 6.07. The van der Waals surface area contributed by atoms with Gasteiger partial charge >= 0.3 is 5.97 Å². The summed E-state index contributed by atoms with van der Waals surface area (Å²) in [5.74, 6) is 0.0269. The molecule has 2 N–H and O–H groups in total. The van der Waals surface area contributed by atoms with Crippen LogP contribution in [0.5, 0.6) is 5.75 Å². The van der Waals surface area contributed by atoms with E-state index in [9.17, 15) is 13.2 Å². The SMILES string of the molecule is C[C@H](CN)COc1ccc(S(=O)(=O)C2(C(=O)OC(C)(C)C)CCOCC2)cc1.Cl. The Labute approximate surface area is 179 Å². The number of rotatable bonds is 7. The molecule has 1 aromatic carbocycles. The van der Waals surface area contributed by atoms with E-state index >= 15 is 0 Å². The van der Waals surface area contributed by atoms with Crippen LogP contribution >= 0.6 is 12.4 Å². The van der Waals surface area contributed by atoms with E-state index in [1.807, 2.05) is 6.92 Å². The van der Waals surface area contributed by atoms with Gasteiger partial charge in [0, 0.05) is 32.0 Å². The Morgan fingerprint density at radius 1 is 1.21 bits per heavy atom. The minimum Gasteiger partial charge on any atom is -0.493 e. The molecule has 1 aromatic rings. The zero-order chi connectivity index (χ0) is 21.0. The van der Waals surface area contributed by atoms with E-state index in [2.05, 4.69) is 0 Å². The topological polar surface area (TPSA) is 105 Å². The van der Waals surface area contributed by atoms with Gasteiger partial charge in [0.2, 0.25) is 0 Å². The molecule has 1 aliphatic heterocycles. The van der Waals surface area contributed by atoms with Crippen LogP contribution in [0, 0.1) is 5.92 Å². The molecule has 0 radical (unpaired) electrons. The minimum absolute atomic E-state index is 0. The molecule has 9 heteroatoms. The van der Waals surface area contributed by atoms with Crippen LogP contribution in [0.2, 0.25) is 0 Å². The summed E-state index contributed by atoms with van der Waals surface area (Å²) in [4.78, 5) is 13.0. The van der Waals surface area contributed by atoms with Gasteiger partial charge in [0.15, 0.2) is 14.6 Å². The number of esters is 1. The predicted molar refractivity (Wildman–Crippen MR) is 113 cm³/mol. The summed E-state index contributed by atoms with van der Waals surface area (Å²) in [7, 11) is -3.98. The first-order valence-corrected chi connectivity index (χ1v) is 11.0. The molecular formula is C20H32ClNO6S. The summed E-state index contributed by atoms with van der Waals surface area (Å²) in [6, 6.07) is 6.13. The summed E-state index contributed by atoms with van der Waals surface area (Å²) < 4.78 is 41.7. The molecule has 1 aliphatic rings. The van der Waals surface area contributed by atoms with E-state index in [4.69, 9.17) is 19.9 Å². The molecule has 0 aromatic heterocycles. The first kappa shape index (κ1) is 25.7. The monoisotopic (exact) mass is 449 g/mol. The van der Waals surface area contributed by atoms with Crippen LogP contribution in [-0.2, 0) is 24.1 Å². The van der Waals surface area contributed by atoms with Crippen molar-refractivity contribution in [2.75, 3.05) is 26.4 Å². The number of halogens is 1. The Hall–Kier alpha value is -1.35. The fourth-order valence-corrected chi connectivity index (χ4v) is 4.81. The maximum atomic E-state index is 13.4. The molecule has 1 saturated heterocycles. The van der Waals surface area contributed by atoms with E-state index in [1.54, 1.807) is 32.9 Å². The van der Waals surface area contributed by atoms with Crippen molar-refractivity contribution in [3.05, 3.63) is 24.3 Å². The van der Waals surface area contributed by atoms with Gasteiger partial charge in [-0.1, -0.05) is 6.92 Å². The van der Waals surface area contributed by atoms with Crippen molar-refractivity contribution in [1.82, 2.24) is 0 Å². The smallest absolute Gasteiger partial charge is 0.328 e. The quantitative estimate of drug-likeness (QED) is 0.638. The molecule has 7 nitrogen and oxygen atoms in total. The summed E-state index contributed by atoms with van der Waals surface area (Å²) in [5.41, 5.74) is 4.79. The maximum Gasteiger partial charge on any atom is 0.328 e. The Morgan fingerprint density at radius 3 is 2.24 bits per heavy atom. The van der Waals surface area contributed by atoms with Crippen LogP contribution in [-0.4, -0.2) is 51.1 Å². The summed E-state index contributed by atoms with van der Waals surface area (Å²) in [6.07, 6.45) is 0.132. The van der Waals surface area contributed by atoms with Gasteiger partial charge in [-0.25, -0.2) is 8.42 Å². The molecule has 0 unspecified atom stereocenters. The van der Waals surface area contributed by atoms with Gasteiger partial charge in [-0.2, -0.15) is 0 Å². The third-order valence-electron chi connectivity index (χ3n) is 4.66. The molecule has 0 saturated carbocycles. The van der Waals surface area contributed by atoms with Crippen molar-refractivity contribution in [1.29, 1.82) is 0 Å². The number of hydrogen-bond acceptors (Lipinski definition) is 7. The lowest BCUT2D eigenvalue weighted by atomic mass is 9.99. The second kappa shape index (κ2) is 10.1. The maximum absolute atomic E-state index is 13.4. The second-order valence-corrected chi connectivity index (χ2v) is 10.5. The Balaban J connectivity index is 0.00000420. The second-order valence-electron chi connectivity index (χ2n) is 8.24. The van der Waals surface area contributed by atoms with E-state index in [0.717, 1.165) is 0 Å². The zero-order valence-electron chi connectivity index (χ0n) is 17.5. The van der Waals surface area contributed by atoms with Gasteiger partial charge in [-0.05, 0) is 51.6 Å². The molecule has 0 aliphatic carbocycles. The lowest BCUT2D eigenvalue weighted by Crippen LogP contribution is -2.53.